The van der Waals surface area contributed by atoms with Crippen molar-refractivity contribution in [1.82, 2.24) is 14.9 Å². The number of carbonyl (C=O) groups excluding carboxylic acids is 1. The maximum atomic E-state index is 12.6. The molecule has 0 aliphatic rings. The average Bonchev–Trinajstić information content (AvgIpc) is 2.62. The molecule has 27 heavy (non-hydrogen) atoms. The SMILES string of the molecule is COc1cc2ncn(CCCC(=O)NCCC(C)N)c(=O)c2cc1OC.Cl. The van der Waals surface area contributed by atoms with E-state index in [2.05, 4.69) is 10.3 Å². The fraction of sp³-hybridized carbons (Fsp3) is 0.500. The number of benzene rings is 1. The number of fused-ring (bicyclic) bond motifs is 1. The van der Waals surface area contributed by atoms with Crippen LogP contribution in [-0.2, 0) is 11.3 Å². The number of nitrogens with two attached hydrogens (primary N) is 1. The maximum absolute atomic E-state index is 12.6. The Kier molecular flexibility index (Phi) is 9.04. The monoisotopic (exact) mass is 398 g/mol. The first-order valence-electron chi connectivity index (χ1n) is 8.59. The zero-order valence-corrected chi connectivity index (χ0v) is 16.7. The predicted molar refractivity (Wildman–Crippen MR) is 107 cm³/mol. The Morgan fingerprint density at radius 2 is 1.96 bits per heavy atom. The Morgan fingerprint density at radius 1 is 1.30 bits per heavy atom. The number of hydrogen-bond donors (Lipinski definition) is 2. The highest BCUT2D eigenvalue weighted by Gasteiger charge is 2.11. The molecule has 3 N–H and O–H groups in total. The summed E-state index contributed by atoms with van der Waals surface area (Å²) >= 11 is 0. The second-order valence-electron chi connectivity index (χ2n) is 6.19. The van der Waals surface area contributed by atoms with Gasteiger partial charge in [0.05, 0.1) is 31.4 Å². The lowest BCUT2D eigenvalue weighted by Gasteiger charge is -2.11. The fourth-order valence-corrected chi connectivity index (χ4v) is 2.58. The molecular formula is C18H27ClN4O4. The van der Waals surface area contributed by atoms with Crippen molar-refractivity contribution < 1.29 is 14.3 Å². The minimum absolute atomic E-state index is 0. The van der Waals surface area contributed by atoms with Gasteiger partial charge in [-0.25, -0.2) is 4.98 Å². The molecule has 1 amide bonds. The lowest BCUT2D eigenvalue weighted by atomic mass is 10.2. The molecule has 9 heteroatoms. The molecule has 0 bridgehead atoms. The van der Waals surface area contributed by atoms with Gasteiger partial charge in [0.1, 0.15) is 0 Å². The van der Waals surface area contributed by atoms with Crippen LogP contribution in [-0.4, -0.2) is 42.3 Å². The van der Waals surface area contributed by atoms with E-state index in [-0.39, 0.29) is 29.9 Å². The highest BCUT2D eigenvalue weighted by Crippen LogP contribution is 2.29. The Balaban J connectivity index is 0.00000364. The van der Waals surface area contributed by atoms with Crippen molar-refractivity contribution in [2.45, 2.75) is 38.8 Å². The van der Waals surface area contributed by atoms with Crippen LogP contribution in [0.3, 0.4) is 0 Å². The van der Waals surface area contributed by atoms with Gasteiger partial charge >= 0.3 is 0 Å². The number of carbonyl (C=O) groups is 1. The number of aryl methyl sites for hydroxylation is 1. The summed E-state index contributed by atoms with van der Waals surface area (Å²) in [5.74, 6) is 0.956. The Hall–Kier alpha value is -2.32. The van der Waals surface area contributed by atoms with Crippen molar-refractivity contribution in [2.24, 2.45) is 5.73 Å². The third-order valence-electron chi connectivity index (χ3n) is 4.05. The van der Waals surface area contributed by atoms with Crippen LogP contribution in [0.2, 0.25) is 0 Å². The summed E-state index contributed by atoms with van der Waals surface area (Å²) in [5.41, 5.74) is 6.01. The lowest BCUT2D eigenvalue weighted by molar-refractivity contribution is -0.121. The van der Waals surface area contributed by atoms with Gasteiger partial charge in [-0.2, -0.15) is 0 Å². The van der Waals surface area contributed by atoms with E-state index in [1.807, 2.05) is 6.92 Å². The van der Waals surface area contributed by atoms with Crippen LogP contribution in [0.1, 0.15) is 26.2 Å². The Bertz CT molecular complexity index is 823. The van der Waals surface area contributed by atoms with Crippen LogP contribution in [0.5, 0.6) is 11.5 Å². The number of ether oxygens (including phenoxy) is 2. The van der Waals surface area contributed by atoms with Crippen LogP contribution in [0, 0.1) is 0 Å². The summed E-state index contributed by atoms with van der Waals surface area (Å²) in [6.07, 6.45) is 3.12. The molecule has 1 atom stereocenters. The van der Waals surface area contributed by atoms with Crippen LogP contribution >= 0.6 is 12.4 Å². The fourth-order valence-electron chi connectivity index (χ4n) is 2.58. The Morgan fingerprint density at radius 3 is 2.59 bits per heavy atom. The normalized spacial score (nSPS) is 11.6. The summed E-state index contributed by atoms with van der Waals surface area (Å²) < 4.78 is 12.0. The summed E-state index contributed by atoms with van der Waals surface area (Å²) in [5, 5.41) is 3.27. The number of hydrogen-bond acceptors (Lipinski definition) is 6. The molecule has 0 saturated heterocycles. The van der Waals surface area contributed by atoms with Crippen LogP contribution in [0.4, 0.5) is 0 Å². The van der Waals surface area contributed by atoms with Crippen molar-refractivity contribution in [3.8, 4) is 11.5 Å². The number of nitrogens with one attached hydrogen (secondary N) is 1. The highest BCUT2D eigenvalue weighted by atomic mass is 35.5. The van der Waals surface area contributed by atoms with Gasteiger partial charge in [0, 0.05) is 31.6 Å². The van der Waals surface area contributed by atoms with E-state index in [4.69, 9.17) is 15.2 Å². The second-order valence-corrected chi connectivity index (χ2v) is 6.19. The lowest BCUT2D eigenvalue weighted by Crippen LogP contribution is -2.29. The zero-order valence-electron chi connectivity index (χ0n) is 15.9. The van der Waals surface area contributed by atoms with E-state index in [1.165, 1.54) is 25.1 Å². The van der Waals surface area contributed by atoms with E-state index in [0.29, 0.717) is 48.3 Å². The first kappa shape index (κ1) is 22.7. The number of halogens is 1. The van der Waals surface area contributed by atoms with E-state index in [9.17, 15) is 9.59 Å². The van der Waals surface area contributed by atoms with Crippen molar-refractivity contribution in [1.29, 1.82) is 0 Å². The third-order valence-corrected chi connectivity index (χ3v) is 4.05. The molecule has 0 spiro atoms. The van der Waals surface area contributed by atoms with Gasteiger partial charge in [-0.1, -0.05) is 0 Å². The third kappa shape index (κ3) is 6.11. The first-order valence-corrected chi connectivity index (χ1v) is 8.59. The van der Waals surface area contributed by atoms with Crippen LogP contribution in [0.15, 0.2) is 23.3 Å². The van der Waals surface area contributed by atoms with Crippen molar-refractivity contribution in [2.75, 3.05) is 20.8 Å². The minimum atomic E-state index is -0.173. The second kappa shape index (κ2) is 10.7. The molecule has 1 aromatic carbocycles. The summed E-state index contributed by atoms with van der Waals surface area (Å²) in [6.45, 7) is 2.88. The topological polar surface area (TPSA) is 108 Å². The largest absolute Gasteiger partial charge is 0.493 e. The standard InChI is InChI=1S/C18H26N4O4.ClH/c1-12(19)6-7-20-17(23)5-4-8-22-11-21-14-10-16(26-3)15(25-2)9-13(14)18(22)24;/h9-12H,4-8,19H2,1-3H3,(H,20,23);1H. The summed E-state index contributed by atoms with van der Waals surface area (Å²) in [7, 11) is 3.05. The maximum Gasteiger partial charge on any atom is 0.261 e. The van der Waals surface area contributed by atoms with E-state index < -0.39 is 0 Å². The zero-order chi connectivity index (χ0) is 19.1. The summed E-state index contributed by atoms with van der Waals surface area (Å²) in [4.78, 5) is 28.7. The minimum Gasteiger partial charge on any atom is -0.493 e. The molecule has 0 aliphatic heterocycles. The molecule has 1 unspecified atom stereocenters. The number of aromatic nitrogens is 2. The van der Waals surface area contributed by atoms with Gasteiger partial charge in [0.15, 0.2) is 11.5 Å². The molecule has 8 nitrogen and oxygen atoms in total. The van der Waals surface area contributed by atoms with E-state index in [1.54, 1.807) is 12.1 Å². The molecule has 2 aromatic rings. The average molecular weight is 399 g/mol. The van der Waals surface area contributed by atoms with Crippen LogP contribution in [0.25, 0.3) is 10.9 Å². The summed E-state index contributed by atoms with van der Waals surface area (Å²) in [6, 6.07) is 3.36. The molecule has 0 fully saturated rings. The van der Waals surface area contributed by atoms with E-state index >= 15 is 0 Å². The molecule has 0 saturated carbocycles. The van der Waals surface area contributed by atoms with Gasteiger partial charge in [0.2, 0.25) is 5.91 Å². The number of methoxy groups -OCH3 is 2. The number of rotatable bonds is 9. The molecule has 1 heterocycles. The first-order chi connectivity index (χ1) is 12.5. The highest BCUT2D eigenvalue weighted by molar-refractivity contribution is 5.85. The Labute approximate surface area is 164 Å². The van der Waals surface area contributed by atoms with Gasteiger partial charge < -0.3 is 20.5 Å². The molecule has 0 aliphatic carbocycles. The molecule has 1 aromatic heterocycles. The van der Waals surface area contributed by atoms with Gasteiger partial charge in [-0.15, -0.1) is 12.4 Å². The van der Waals surface area contributed by atoms with Crippen molar-refractivity contribution in [3.05, 3.63) is 28.8 Å². The molecule has 150 valence electrons. The van der Waals surface area contributed by atoms with Crippen molar-refractivity contribution in [3.63, 3.8) is 0 Å². The van der Waals surface area contributed by atoms with Crippen molar-refractivity contribution >= 4 is 29.2 Å². The number of nitrogens with zero attached hydrogens (tertiary/aromatic N) is 2. The molecule has 0 radical (unpaired) electrons. The predicted octanol–water partition coefficient (Wildman–Crippen LogP) is 1.47. The molecule has 2 rings (SSSR count). The number of amides is 1. The molecular weight excluding hydrogens is 372 g/mol. The quantitative estimate of drug-likeness (QED) is 0.662. The van der Waals surface area contributed by atoms with Crippen LogP contribution < -0.4 is 26.1 Å². The van der Waals surface area contributed by atoms with Gasteiger partial charge in [-0.3, -0.25) is 14.2 Å². The smallest absolute Gasteiger partial charge is 0.261 e. The van der Waals surface area contributed by atoms with Gasteiger partial charge in [0.25, 0.3) is 5.56 Å². The van der Waals surface area contributed by atoms with Gasteiger partial charge in [-0.05, 0) is 25.8 Å². The van der Waals surface area contributed by atoms with E-state index in [0.717, 1.165) is 6.42 Å².